The summed E-state index contributed by atoms with van der Waals surface area (Å²) in [5.41, 5.74) is 4.83. The highest BCUT2D eigenvalue weighted by atomic mass is 79.9. The average molecular weight is 323 g/mol. The molecule has 2 aromatic rings. The zero-order valence-corrected chi connectivity index (χ0v) is 12.7. The SMILES string of the molecule is Cc1ccc(C)c(-c2c(Br)c(CC(=O)O)nn2C)c1. The molecule has 4 nitrogen and oxygen atoms in total. The van der Waals surface area contributed by atoms with E-state index in [-0.39, 0.29) is 6.42 Å². The number of carbonyl (C=O) groups is 1. The highest BCUT2D eigenvalue weighted by Gasteiger charge is 2.18. The number of nitrogens with zero attached hydrogens (tertiary/aromatic N) is 2. The molecule has 0 saturated heterocycles. The predicted molar refractivity (Wildman–Crippen MR) is 77.2 cm³/mol. The third kappa shape index (κ3) is 2.71. The number of rotatable bonds is 3. The van der Waals surface area contributed by atoms with Crippen LogP contribution >= 0.6 is 15.9 Å². The molecule has 1 aromatic heterocycles. The largest absolute Gasteiger partial charge is 0.481 e. The molecule has 0 unspecified atom stereocenters. The quantitative estimate of drug-likeness (QED) is 0.944. The molecule has 0 saturated carbocycles. The zero-order chi connectivity index (χ0) is 14.2. The van der Waals surface area contributed by atoms with Crippen LogP contribution in [0.2, 0.25) is 0 Å². The Kier molecular flexibility index (Phi) is 3.75. The van der Waals surface area contributed by atoms with Gasteiger partial charge in [0.05, 0.1) is 22.3 Å². The van der Waals surface area contributed by atoms with Crippen molar-refractivity contribution in [2.75, 3.05) is 0 Å². The highest BCUT2D eigenvalue weighted by molar-refractivity contribution is 9.10. The lowest BCUT2D eigenvalue weighted by molar-refractivity contribution is -0.136. The first-order valence-corrected chi connectivity index (χ1v) is 6.70. The molecular weight excluding hydrogens is 308 g/mol. The summed E-state index contributed by atoms with van der Waals surface area (Å²) in [6, 6.07) is 6.20. The van der Waals surface area contributed by atoms with Gasteiger partial charge < -0.3 is 5.11 Å². The molecule has 0 aliphatic rings. The molecule has 0 aliphatic carbocycles. The molecule has 1 heterocycles. The van der Waals surface area contributed by atoms with E-state index in [9.17, 15) is 4.79 Å². The molecule has 0 aliphatic heterocycles. The van der Waals surface area contributed by atoms with E-state index in [1.807, 2.05) is 20.9 Å². The zero-order valence-electron chi connectivity index (χ0n) is 11.1. The van der Waals surface area contributed by atoms with E-state index in [0.29, 0.717) is 5.69 Å². The summed E-state index contributed by atoms with van der Waals surface area (Å²) in [7, 11) is 1.83. The molecule has 2 rings (SSSR count). The lowest BCUT2D eigenvalue weighted by Crippen LogP contribution is -2.02. The molecule has 5 heteroatoms. The summed E-state index contributed by atoms with van der Waals surface area (Å²) < 4.78 is 2.48. The molecule has 1 N–H and O–H groups in total. The molecular formula is C14H15BrN2O2. The van der Waals surface area contributed by atoms with Gasteiger partial charge in [-0.05, 0) is 41.4 Å². The highest BCUT2D eigenvalue weighted by Crippen LogP contribution is 2.33. The Bertz CT molecular complexity index is 647. The van der Waals surface area contributed by atoms with Crippen LogP contribution in [0.3, 0.4) is 0 Å². The first kappa shape index (κ1) is 13.8. The molecule has 19 heavy (non-hydrogen) atoms. The Morgan fingerprint density at radius 1 is 1.42 bits per heavy atom. The maximum atomic E-state index is 10.8. The monoisotopic (exact) mass is 322 g/mol. The summed E-state index contributed by atoms with van der Waals surface area (Å²) >= 11 is 3.48. The number of hydrogen-bond acceptors (Lipinski definition) is 2. The van der Waals surface area contributed by atoms with Crippen LogP contribution < -0.4 is 0 Å². The van der Waals surface area contributed by atoms with E-state index in [4.69, 9.17) is 5.11 Å². The molecule has 0 radical (unpaired) electrons. The van der Waals surface area contributed by atoms with Crippen LogP contribution in [0.4, 0.5) is 0 Å². The van der Waals surface area contributed by atoms with Crippen LogP contribution in [0.5, 0.6) is 0 Å². The standard InChI is InChI=1S/C14H15BrN2O2/c1-8-4-5-9(2)10(6-8)14-13(15)11(7-12(18)19)16-17(14)3/h4-6H,7H2,1-3H3,(H,18,19). The lowest BCUT2D eigenvalue weighted by Gasteiger charge is -2.08. The Morgan fingerprint density at radius 3 is 2.74 bits per heavy atom. The molecule has 0 atom stereocenters. The van der Waals surface area contributed by atoms with Crippen molar-refractivity contribution in [2.45, 2.75) is 20.3 Å². The van der Waals surface area contributed by atoms with Gasteiger partial charge in [0.15, 0.2) is 0 Å². The molecule has 0 amide bonds. The van der Waals surface area contributed by atoms with Crippen LogP contribution in [0.1, 0.15) is 16.8 Å². The lowest BCUT2D eigenvalue weighted by atomic mass is 10.0. The molecule has 1 aromatic carbocycles. The summed E-state index contributed by atoms with van der Waals surface area (Å²) in [5, 5.41) is 13.2. The van der Waals surface area contributed by atoms with Gasteiger partial charge in [-0.3, -0.25) is 9.48 Å². The maximum absolute atomic E-state index is 10.8. The Morgan fingerprint density at radius 2 is 2.11 bits per heavy atom. The second kappa shape index (κ2) is 5.17. The fraction of sp³-hybridized carbons (Fsp3) is 0.286. The van der Waals surface area contributed by atoms with Gasteiger partial charge in [0.25, 0.3) is 0 Å². The molecule has 100 valence electrons. The van der Waals surface area contributed by atoms with Crippen LogP contribution in [-0.4, -0.2) is 20.9 Å². The summed E-state index contributed by atoms with van der Waals surface area (Å²) in [4.78, 5) is 10.8. The molecule has 0 fully saturated rings. The minimum Gasteiger partial charge on any atom is -0.481 e. The van der Waals surface area contributed by atoms with Crippen LogP contribution in [-0.2, 0) is 18.3 Å². The number of halogens is 1. The number of aliphatic carboxylic acids is 1. The Hall–Kier alpha value is -1.62. The van der Waals surface area contributed by atoms with Crippen molar-refractivity contribution >= 4 is 21.9 Å². The van der Waals surface area contributed by atoms with E-state index in [1.54, 1.807) is 4.68 Å². The van der Waals surface area contributed by atoms with Crippen molar-refractivity contribution in [1.82, 2.24) is 9.78 Å². The van der Waals surface area contributed by atoms with Crippen molar-refractivity contribution in [1.29, 1.82) is 0 Å². The van der Waals surface area contributed by atoms with E-state index < -0.39 is 5.97 Å². The second-order valence-electron chi connectivity index (χ2n) is 4.62. The normalized spacial score (nSPS) is 10.7. The fourth-order valence-corrected chi connectivity index (χ4v) is 2.78. The average Bonchev–Trinajstić information content (AvgIpc) is 2.57. The van der Waals surface area contributed by atoms with Gasteiger partial charge in [0.2, 0.25) is 0 Å². The summed E-state index contributed by atoms with van der Waals surface area (Å²) in [5.74, 6) is -0.883. The first-order valence-electron chi connectivity index (χ1n) is 5.91. The van der Waals surface area contributed by atoms with Gasteiger partial charge in [-0.1, -0.05) is 17.7 Å². The number of carboxylic acids is 1. The summed E-state index contributed by atoms with van der Waals surface area (Å²) in [6.45, 7) is 4.07. The number of aryl methyl sites for hydroxylation is 3. The summed E-state index contributed by atoms with van der Waals surface area (Å²) in [6.07, 6.45) is -0.0840. The van der Waals surface area contributed by atoms with Crippen molar-refractivity contribution in [3.8, 4) is 11.3 Å². The number of carboxylic acid groups (broad SMARTS) is 1. The predicted octanol–water partition coefficient (Wildman–Crippen LogP) is 3.09. The maximum Gasteiger partial charge on any atom is 0.309 e. The van der Waals surface area contributed by atoms with E-state index >= 15 is 0 Å². The van der Waals surface area contributed by atoms with Gasteiger partial charge in [-0.2, -0.15) is 5.10 Å². The Balaban J connectivity index is 2.59. The van der Waals surface area contributed by atoms with Gasteiger partial charge in [0, 0.05) is 12.6 Å². The van der Waals surface area contributed by atoms with Gasteiger partial charge in [-0.25, -0.2) is 0 Å². The van der Waals surface area contributed by atoms with E-state index in [0.717, 1.165) is 26.9 Å². The molecule has 0 bridgehead atoms. The van der Waals surface area contributed by atoms with Crippen molar-refractivity contribution in [2.24, 2.45) is 7.05 Å². The van der Waals surface area contributed by atoms with Crippen LogP contribution in [0, 0.1) is 13.8 Å². The van der Waals surface area contributed by atoms with Crippen LogP contribution in [0.25, 0.3) is 11.3 Å². The van der Waals surface area contributed by atoms with E-state index in [1.165, 1.54) is 0 Å². The van der Waals surface area contributed by atoms with E-state index in [2.05, 4.69) is 39.2 Å². The van der Waals surface area contributed by atoms with Gasteiger partial charge in [-0.15, -0.1) is 0 Å². The van der Waals surface area contributed by atoms with Crippen molar-refractivity contribution in [3.63, 3.8) is 0 Å². The number of benzene rings is 1. The van der Waals surface area contributed by atoms with Crippen molar-refractivity contribution < 1.29 is 9.90 Å². The van der Waals surface area contributed by atoms with Gasteiger partial charge >= 0.3 is 5.97 Å². The smallest absolute Gasteiger partial charge is 0.309 e. The Labute approximate surface area is 120 Å². The molecule has 0 spiro atoms. The minimum atomic E-state index is -0.883. The second-order valence-corrected chi connectivity index (χ2v) is 5.41. The minimum absolute atomic E-state index is 0.0840. The number of aromatic nitrogens is 2. The third-order valence-electron chi connectivity index (χ3n) is 3.02. The third-order valence-corrected chi connectivity index (χ3v) is 3.86. The van der Waals surface area contributed by atoms with Crippen LogP contribution in [0.15, 0.2) is 22.7 Å². The first-order chi connectivity index (χ1) is 8.90. The topological polar surface area (TPSA) is 55.1 Å². The number of hydrogen-bond donors (Lipinski definition) is 1. The van der Waals surface area contributed by atoms with Gasteiger partial charge in [0.1, 0.15) is 0 Å². The fourth-order valence-electron chi connectivity index (χ4n) is 2.09. The van der Waals surface area contributed by atoms with Crippen molar-refractivity contribution in [3.05, 3.63) is 39.5 Å².